The zero-order valence-corrected chi connectivity index (χ0v) is 21.9. The Balaban J connectivity index is 1.32. The fourth-order valence-corrected chi connectivity index (χ4v) is 5.84. The number of anilines is 4. The predicted octanol–water partition coefficient (Wildman–Crippen LogP) is 4.72. The second-order valence-electron chi connectivity index (χ2n) is 10.6. The van der Waals surface area contributed by atoms with Crippen molar-refractivity contribution in [3.8, 4) is 22.8 Å². The molecule has 2 fully saturated rings. The Kier molecular flexibility index (Phi) is 6.22. The number of piperazine rings is 1. The average Bonchev–Trinajstić information content (AvgIpc) is 3.24. The van der Waals surface area contributed by atoms with E-state index in [0.717, 1.165) is 56.7 Å². The number of aromatic nitrogens is 2. The number of nitrogens with one attached hydrogen (secondary N) is 2. The average molecular weight is 523 g/mol. The van der Waals surface area contributed by atoms with Gasteiger partial charge < -0.3 is 29.9 Å². The summed E-state index contributed by atoms with van der Waals surface area (Å²) in [7, 11) is 1.64. The number of rotatable bonds is 5. The Morgan fingerprint density at radius 2 is 1.92 bits per heavy atom. The number of fused-ring (bicyclic) bond motifs is 3. The van der Waals surface area contributed by atoms with Gasteiger partial charge in [0.1, 0.15) is 18.1 Å². The van der Waals surface area contributed by atoms with Crippen LogP contribution in [0.3, 0.4) is 0 Å². The molecule has 0 bridgehead atoms. The second kappa shape index (κ2) is 9.58. The number of benzene rings is 2. The van der Waals surface area contributed by atoms with Gasteiger partial charge in [-0.25, -0.2) is 18.7 Å². The summed E-state index contributed by atoms with van der Waals surface area (Å²) < 4.78 is 41.7. The lowest BCUT2D eigenvalue weighted by molar-refractivity contribution is 0.252. The molecule has 1 aromatic heterocycles. The summed E-state index contributed by atoms with van der Waals surface area (Å²) in [6, 6.07) is 9.00. The van der Waals surface area contributed by atoms with Crippen molar-refractivity contribution in [2.75, 3.05) is 55.0 Å². The van der Waals surface area contributed by atoms with Crippen molar-refractivity contribution in [1.82, 2.24) is 15.3 Å². The number of hydrogen-bond donors (Lipinski definition) is 2. The van der Waals surface area contributed by atoms with E-state index in [2.05, 4.69) is 44.2 Å². The molecule has 0 spiro atoms. The SMILES string of the molecule is COc1cc(Nc2ncc(F)c(-c3cc(F)c4c(c3)N3C(CCC3(C)C)CO4)n2)ccc1N1CCNCC1. The monoisotopic (exact) mass is 522 g/mol. The van der Waals surface area contributed by atoms with Gasteiger partial charge in [-0.1, -0.05) is 0 Å². The lowest BCUT2D eigenvalue weighted by atomic mass is 10.0. The van der Waals surface area contributed by atoms with Crippen LogP contribution >= 0.6 is 0 Å². The first-order valence-corrected chi connectivity index (χ1v) is 13.0. The number of halogens is 2. The Labute approximate surface area is 221 Å². The summed E-state index contributed by atoms with van der Waals surface area (Å²) in [5.41, 5.74) is 2.55. The topological polar surface area (TPSA) is 74.8 Å². The molecular formula is C28H32F2N6O2. The standard InChI is InChI=1S/C28H32F2N6O2/c1-28(2)7-6-19-16-38-26-20(29)12-17(13-23(26)36(19)28)25-21(30)15-32-27(34-25)33-18-4-5-22(24(14-18)37-3)35-10-8-31-9-11-35/h4-5,12-15,19,31H,6-11,16H2,1-3H3,(H,32,33,34). The molecule has 0 aliphatic carbocycles. The number of ether oxygens (including phenoxy) is 2. The van der Waals surface area contributed by atoms with Crippen LogP contribution in [0.2, 0.25) is 0 Å². The summed E-state index contributed by atoms with van der Waals surface area (Å²) in [4.78, 5) is 13.0. The lowest BCUT2D eigenvalue weighted by Gasteiger charge is -2.42. The molecule has 4 heterocycles. The van der Waals surface area contributed by atoms with Crippen LogP contribution in [0.1, 0.15) is 26.7 Å². The van der Waals surface area contributed by atoms with Gasteiger partial charge in [0.05, 0.1) is 30.7 Å². The van der Waals surface area contributed by atoms with E-state index in [1.165, 1.54) is 6.07 Å². The van der Waals surface area contributed by atoms with Crippen LogP contribution in [-0.2, 0) is 0 Å². The molecule has 1 atom stereocenters. The molecule has 3 aliphatic rings. The van der Waals surface area contributed by atoms with Gasteiger partial charge >= 0.3 is 0 Å². The largest absolute Gasteiger partial charge is 0.495 e. The predicted molar refractivity (Wildman–Crippen MR) is 144 cm³/mol. The number of nitrogens with zero attached hydrogens (tertiary/aromatic N) is 4. The van der Waals surface area contributed by atoms with E-state index in [0.29, 0.717) is 23.5 Å². The molecule has 0 saturated carbocycles. The van der Waals surface area contributed by atoms with Crippen LogP contribution in [-0.4, -0.2) is 61.4 Å². The third kappa shape index (κ3) is 4.36. The first-order valence-electron chi connectivity index (χ1n) is 13.0. The maximum Gasteiger partial charge on any atom is 0.227 e. The fraction of sp³-hybridized carbons (Fsp3) is 0.429. The highest BCUT2D eigenvalue weighted by molar-refractivity contribution is 5.74. The van der Waals surface area contributed by atoms with E-state index in [1.54, 1.807) is 13.2 Å². The van der Waals surface area contributed by atoms with E-state index < -0.39 is 11.6 Å². The summed E-state index contributed by atoms with van der Waals surface area (Å²) in [5, 5.41) is 6.49. The Bertz CT molecular complexity index is 1360. The Morgan fingerprint density at radius 1 is 1.11 bits per heavy atom. The van der Waals surface area contributed by atoms with Gasteiger partial charge in [0.25, 0.3) is 0 Å². The van der Waals surface area contributed by atoms with E-state index in [9.17, 15) is 0 Å². The number of methoxy groups -OCH3 is 1. The minimum absolute atomic E-state index is 0.0210. The molecule has 200 valence electrons. The molecule has 0 amide bonds. The summed E-state index contributed by atoms with van der Waals surface area (Å²) in [6.07, 6.45) is 3.04. The van der Waals surface area contributed by atoms with Gasteiger partial charge in [0.2, 0.25) is 5.95 Å². The van der Waals surface area contributed by atoms with Crippen molar-refractivity contribution in [1.29, 1.82) is 0 Å². The third-order valence-electron chi connectivity index (χ3n) is 7.72. The molecule has 1 unspecified atom stereocenters. The third-order valence-corrected chi connectivity index (χ3v) is 7.72. The van der Waals surface area contributed by atoms with Crippen LogP contribution in [0.4, 0.5) is 31.8 Å². The minimum Gasteiger partial charge on any atom is -0.495 e. The highest BCUT2D eigenvalue weighted by Gasteiger charge is 2.44. The first kappa shape index (κ1) is 24.7. The van der Waals surface area contributed by atoms with E-state index in [1.807, 2.05) is 18.2 Å². The Morgan fingerprint density at radius 3 is 2.71 bits per heavy atom. The molecule has 2 saturated heterocycles. The summed E-state index contributed by atoms with van der Waals surface area (Å²) in [6.45, 7) is 8.35. The second-order valence-corrected chi connectivity index (χ2v) is 10.6. The molecule has 3 aromatic rings. The smallest absolute Gasteiger partial charge is 0.227 e. The number of hydrogen-bond acceptors (Lipinski definition) is 8. The minimum atomic E-state index is -0.629. The van der Waals surface area contributed by atoms with Crippen molar-refractivity contribution in [2.45, 2.75) is 38.3 Å². The molecule has 2 aromatic carbocycles. The molecule has 8 nitrogen and oxygen atoms in total. The van der Waals surface area contributed by atoms with Gasteiger partial charge in [-0.3, -0.25) is 0 Å². The summed E-state index contributed by atoms with van der Waals surface area (Å²) >= 11 is 0. The fourth-order valence-electron chi connectivity index (χ4n) is 5.84. The van der Waals surface area contributed by atoms with Crippen LogP contribution in [0.5, 0.6) is 11.5 Å². The molecule has 0 radical (unpaired) electrons. The molecule has 10 heteroatoms. The van der Waals surface area contributed by atoms with E-state index in [4.69, 9.17) is 9.47 Å². The van der Waals surface area contributed by atoms with Crippen molar-refractivity contribution < 1.29 is 18.3 Å². The van der Waals surface area contributed by atoms with Crippen LogP contribution in [0.15, 0.2) is 36.5 Å². The van der Waals surface area contributed by atoms with E-state index >= 15 is 8.78 Å². The maximum absolute atomic E-state index is 15.2. The van der Waals surface area contributed by atoms with Gasteiger partial charge in [-0.05, 0) is 51.0 Å². The van der Waals surface area contributed by atoms with Crippen LogP contribution in [0, 0.1) is 11.6 Å². The van der Waals surface area contributed by atoms with Gasteiger partial charge in [-0.2, -0.15) is 0 Å². The molecule has 2 N–H and O–H groups in total. The highest BCUT2D eigenvalue weighted by Crippen LogP contribution is 2.48. The Hall–Kier alpha value is -3.66. The molecule has 6 rings (SSSR count). The quantitative estimate of drug-likeness (QED) is 0.499. The molecular weight excluding hydrogens is 490 g/mol. The normalized spacial score (nSPS) is 20.0. The first-order chi connectivity index (χ1) is 18.3. The van der Waals surface area contributed by atoms with Crippen molar-refractivity contribution >= 4 is 23.0 Å². The zero-order valence-electron chi connectivity index (χ0n) is 21.9. The van der Waals surface area contributed by atoms with Gasteiger partial charge in [-0.15, -0.1) is 0 Å². The van der Waals surface area contributed by atoms with Crippen LogP contribution < -0.4 is 29.9 Å². The van der Waals surface area contributed by atoms with Gasteiger partial charge in [0, 0.05) is 49.0 Å². The zero-order chi connectivity index (χ0) is 26.4. The highest BCUT2D eigenvalue weighted by atomic mass is 19.1. The maximum atomic E-state index is 15.2. The van der Waals surface area contributed by atoms with Gasteiger partial charge in [0.15, 0.2) is 17.4 Å². The summed E-state index contributed by atoms with van der Waals surface area (Å²) in [5.74, 6) is -0.0229. The molecule has 38 heavy (non-hydrogen) atoms. The van der Waals surface area contributed by atoms with E-state index in [-0.39, 0.29) is 29.0 Å². The van der Waals surface area contributed by atoms with Crippen molar-refractivity contribution in [2.24, 2.45) is 0 Å². The van der Waals surface area contributed by atoms with Crippen molar-refractivity contribution in [3.63, 3.8) is 0 Å². The molecule has 3 aliphatic heterocycles. The lowest BCUT2D eigenvalue weighted by Crippen LogP contribution is -2.48. The van der Waals surface area contributed by atoms with Crippen LogP contribution in [0.25, 0.3) is 11.3 Å². The van der Waals surface area contributed by atoms with Crippen molar-refractivity contribution in [3.05, 3.63) is 48.2 Å².